The van der Waals surface area contributed by atoms with Crippen molar-refractivity contribution >= 4 is 5.91 Å². The van der Waals surface area contributed by atoms with Gasteiger partial charge in [-0.3, -0.25) is 10.2 Å². The minimum Gasteiger partial charge on any atom is -0.483 e. The van der Waals surface area contributed by atoms with Gasteiger partial charge in [-0.25, -0.2) is 10.2 Å². The van der Waals surface area contributed by atoms with Crippen LogP contribution in [0.5, 0.6) is 5.75 Å². The highest BCUT2D eigenvalue weighted by atomic mass is 19.1. The topological polar surface area (TPSA) is 101 Å². The first-order valence-electron chi connectivity index (χ1n) is 5.55. The third-order valence-corrected chi connectivity index (χ3v) is 2.54. The van der Waals surface area contributed by atoms with Crippen LogP contribution in [-0.2, 0) is 6.61 Å². The summed E-state index contributed by atoms with van der Waals surface area (Å²) in [5.74, 6) is 4.00. The van der Waals surface area contributed by atoms with Crippen molar-refractivity contribution in [2.45, 2.75) is 6.61 Å². The van der Waals surface area contributed by atoms with Gasteiger partial charge >= 0.3 is 0 Å². The molecule has 0 aliphatic heterocycles. The van der Waals surface area contributed by atoms with E-state index in [9.17, 15) is 9.18 Å². The van der Waals surface area contributed by atoms with Gasteiger partial charge in [-0.2, -0.15) is 5.26 Å². The number of hydrogen-bond acceptors (Lipinski definition) is 5. The first kappa shape index (κ1) is 13.6. The Morgan fingerprint density at radius 3 is 2.95 bits per heavy atom. The molecule has 1 heterocycles. The van der Waals surface area contributed by atoms with Crippen molar-refractivity contribution in [1.29, 1.82) is 5.26 Å². The number of nitrogens with zero attached hydrogens (tertiary/aromatic N) is 1. The second kappa shape index (κ2) is 5.86. The number of ether oxygens (including phenoxy) is 1. The molecule has 3 N–H and O–H groups in total. The van der Waals surface area contributed by atoms with Crippen molar-refractivity contribution in [3.63, 3.8) is 0 Å². The fourth-order valence-corrected chi connectivity index (χ4v) is 1.56. The number of halogens is 1. The van der Waals surface area contributed by atoms with Gasteiger partial charge < -0.3 is 9.15 Å². The summed E-state index contributed by atoms with van der Waals surface area (Å²) in [6, 6.07) is 7.06. The van der Waals surface area contributed by atoms with Crippen molar-refractivity contribution < 1.29 is 18.3 Å². The first-order chi connectivity index (χ1) is 9.65. The molecule has 0 saturated carbocycles. The van der Waals surface area contributed by atoms with Crippen LogP contribution in [0.3, 0.4) is 0 Å². The number of nitrogen functional groups attached to an aromatic ring is 1. The normalized spacial score (nSPS) is 9.85. The first-order valence-corrected chi connectivity index (χ1v) is 5.55. The molecule has 0 saturated heterocycles. The Morgan fingerprint density at radius 2 is 2.30 bits per heavy atom. The van der Waals surface area contributed by atoms with Crippen LogP contribution >= 0.6 is 0 Å². The zero-order valence-electron chi connectivity index (χ0n) is 10.2. The third-order valence-electron chi connectivity index (χ3n) is 2.54. The van der Waals surface area contributed by atoms with E-state index in [-0.39, 0.29) is 29.2 Å². The Morgan fingerprint density at radius 1 is 1.50 bits per heavy atom. The minimum atomic E-state index is -0.666. The number of hydrogen-bond donors (Lipinski definition) is 2. The van der Waals surface area contributed by atoms with Crippen LogP contribution < -0.4 is 16.0 Å². The van der Waals surface area contributed by atoms with Gasteiger partial charge in [0.05, 0.1) is 23.5 Å². The predicted molar refractivity (Wildman–Crippen MR) is 65.8 cm³/mol. The van der Waals surface area contributed by atoms with Gasteiger partial charge in [-0.15, -0.1) is 0 Å². The zero-order valence-corrected chi connectivity index (χ0v) is 10.2. The fourth-order valence-electron chi connectivity index (χ4n) is 1.56. The molecule has 0 aliphatic carbocycles. The Hall–Kier alpha value is -2.85. The Bertz CT molecular complexity index is 676. The van der Waals surface area contributed by atoms with Gasteiger partial charge in [0.15, 0.2) is 17.3 Å². The van der Waals surface area contributed by atoms with Crippen molar-refractivity contribution in [1.82, 2.24) is 5.43 Å². The molecule has 7 heteroatoms. The van der Waals surface area contributed by atoms with E-state index in [2.05, 4.69) is 0 Å². The summed E-state index contributed by atoms with van der Waals surface area (Å²) < 4.78 is 23.9. The van der Waals surface area contributed by atoms with Gasteiger partial charge in [0.1, 0.15) is 6.61 Å². The molecule has 2 aromatic rings. The summed E-state index contributed by atoms with van der Waals surface area (Å²) in [7, 11) is 0. The summed E-state index contributed by atoms with van der Waals surface area (Å²) in [5, 5.41) is 8.63. The molecule has 0 bridgehead atoms. The minimum absolute atomic E-state index is 0.0421. The molecule has 0 radical (unpaired) electrons. The lowest BCUT2D eigenvalue weighted by Gasteiger charge is -2.07. The second-order valence-electron chi connectivity index (χ2n) is 3.78. The van der Waals surface area contributed by atoms with Crippen molar-refractivity contribution in [2.24, 2.45) is 5.84 Å². The van der Waals surface area contributed by atoms with Crippen LogP contribution in [-0.4, -0.2) is 5.91 Å². The van der Waals surface area contributed by atoms with Crippen molar-refractivity contribution in [2.75, 3.05) is 0 Å². The summed E-state index contributed by atoms with van der Waals surface area (Å²) >= 11 is 0. The average molecular weight is 275 g/mol. The van der Waals surface area contributed by atoms with E-state index in [1.54, 1.807) is 0 Å². The van der Waals surface area contributed by atoms with E-state index < -0.39 is 11.7 Å². The number of hydrazine groups is 1. The molecule has 0 atom stereocenters. The van der Waals surface area contributed by atoms with E-state index in [1.807, 2.05) is 11.5 Å². The summed E-state index contributed by atoms with van der Waals surface area (Å²) in [6.45, 7) is -0.140. The van der Waals surface area contributed by atoms with Crippen LogP contribution in [0.4, 0.5) is 4.39 Å². The number of nitrogens with two attached hydrogens (primary N) is 1. The highest BCUT2D eigenvalue weighted by Crippen LogP contribution is 2.20. The molecule has 1 aromatic carbocycles. The van der Waals surface area contributed by atoms with E-state index in [0.29, 0.717) is 0 Å². The van der Waals surface area contributed by atoms with Gasteiger partial charge in [0.2, 0.25) is 0 Å². The van der Waals surface area contributed by atoms with Gasteiger partial charge in [0.25, 0.3) is 5.91 Å². The lowest BCUT2D eigenvalue weighted by molar-refractivity contribution is 0.0949. The SMILES string of the molecule is N#Cc1ccc(OCc2occc2C(=O)NN)c(F)c1. The Balaban J connectivity index is 2.12. The average Bonchev–Trinajstić information content (AvgIpc) is 2.93. The van der Waals surface area contributed by atoms with Crippen LogP contribution in [0, 0.1) is 17.1 Å². The van der Waals surface area contributed by atoms with E-state index in [1.165, 1.54) is 24.5 Å². The summed E-state index contributed by atoms with van der Waals surface area (Å²) in [4.78, 5) is 11.4. The van der Waals surface area contributed by atoms with Crippen LogP contribution in [0.25, 0.3) is 0 Å². The Labute approximate surface area is 113 Å². The third kappa shape index (κ3) is 2.76. The number of nitriles is 1. The highest BCUT2D eigenvalue weighted by molar-refractivity contribution is 5.94. The van der Waals surface area contributed by atoms with Gasteiger partial charge in [-0.05, 0) is 24.3 Å². The molecule has 20 heavy (non-hydrogen) atoms. The lowest BCUT2D eigenvalue weighted by Crippen LogP contribution is -2.30. The molecular formula is C13H10FN3O3. The van der Waals surface area contributed by atoms with Crippen molar-refractivity contribution in [3.05, 3.63) is 53.2 Å². The molecule has 102 valence electrons. The van der Waals surface area contributed by atoms with Crippen molar-refractivity contribution in [3.8, 4) is 11.8 Å². The highest BCUT2D eigenvalue weighted by Gasteiger charge is 2.15. The molecule has 0 fully saturated rings. The number of carbonyl (C=O) groups is 1. The number of benzene rings is 1. The smallest absolute Gasteiger partial charge is 0.268 e. The number of amides is 1. The molecule has 0 spiro atoms. The molecule has 0 unspecified atom stereocenters. The summed E-state index contributed by atoms with van der Waals surface area (Å²) in [6.07, 6.45) is 1.30. The molecule has 1 amide bonds. The van der Waals surface area contributed by atoms with Gasteiger partial charge in [0, 0.05) is 0 Å². The largest absolute Gasteiger partial charge is 0.483 e. The second-order valence-corrected chi connectivity index (χ2v) is 3.78. The number of carbonyl (C=O) groups excluding carboxylic acids is 1. The van der Waals surface area contributed by atoms with E-state index in [0.717, 1.165) is 6.07 Å². The van der Waals surface area contributed by atoms with E-state index >= 15 is 0 Å². The molecule has 1 aromatic heterocycles. The fraction of sp³-hybridized carbons (Fsp3) is 0.0769. The monoisotopic (exact) mass is 275 g/mol. The number of nitrogens with one attached hydrogen (secondary N) is 1. The molecule has 6 nitrogen and oxygen atoms in total. The quantitative estimate of drug-likeness (QED) is 0.500. The standard InChI is InChI=1S/C13H10FN3O3/c14-10-5-8(6-15)1-2-11(10)20-7-12-9(3-4-19-12)13(18)17-16/h1-5H,7,16H2,(H,17,18). The maximum atomic E-state index is 13.6. The molecule has 0 aliphatic rings. The molecule has 2 rings (SSSR count). The van der Waals surface area contributed by atoms with Crippen LogP contribution in [0.1, 0.15) is 21.7 Å². The number of furan rings is 1. The maximum absolute atomic E-state index is 13.6. The van der Waals surface area contributed by atoms with Crippen LogP contribution in [0.15, 0.2) is 34.9 Å². The van der Waals surface area contributed by atoms with Gasteiger partial charge in [-0.1, -0.05) is 0 Å². The van der Waals surface area contributed by atoms with E-state index in [4.69, 9.17) is 20.3 Å². The molecular weight excluding hydrogens is 265 g/mol. The lowest BCUT2D eigenvalue weighted by atomic mass is 10.2. The maximum Gasteiger partial charge on any atom is 0.268 e. The van der Waals surface area contributed by atoms with Crippen LogP contribution in [0.2, 0.25) is 0 Å². The summed E-state index contributed by atoms with van der Waals surface area (Å²) in [5.41, 5.74) is 2.37. The zero-order chi connectivity index (χ0) is 14.5. The number of rotatable bonds is 4. The Kier molecular flexibility index (Phi) is 3.98. The predicted octanol–water partition coefficient (Wildman–Crippen LogP) is 1.47.